The molecule has 1 aromatic heterocycles. The fourth-order valence-electron chi connectivity index (χ4n) is 3.45. The molecule has 36 heavy (non-hydrogen) atoms. The number of ether oxygens (including phenoxy) is 1. The Kier molecular flexibility index (Phi) is 7.47. The van der Waals surface area contributed by atoms with Gasteiger partial charge >= 0.3 is 12.4 Å². The summed E-state index contributed by atoms with van der Waals surface area (Å²) in [6, 6.07) is 12.2. The van der Waals surface area contributed by atoms with Crippen LogP contribution in [0.2, 0.25) is 0 Å². The van der Waals surface area contributed by atoms with E-state index < -0.39 is 39.2 Å². The predicted octanol–water partition coefficient (Wildman–Crippen LogP) is 6.10. The van der Waals surface area contributed by atoms with Gasteiger partial charge in [-0.3, -0.25) is 0 Å². The van der Waals surface area contributed by atoms with E-state index in [0.29, 0.717) is 23.4 Å². The highest BCUT2D eigenvalue weighted by Crippen LogP contribution is 2.33. The quantitative estimate of drug-likeness (QED) is 0.354. The number of aryl methyl sites for hydroxylation is 1. The van der Waals surface area contributed by atoms with Gasteiger partial charge in [0.05, 0.1) is 16.8 Å². The second kappa shape index (κ2) is 9.77. The fourth-order valence-corrected chi connectivity index (χ4v) is 4.85. The van der Waals surface area contributed by atoms with E-state index in [-0.39, 0.29) is 11.6 Å². The monoisotopic (exact) mass is 535 g/mol. The lowest BCUT2D eigenvalue weighted by Gasteiger charge is -2.27. The van der Waals surface area contributed by atoms with Crippen LogP contribution in [0.1, 0.15) is 31.9 Å². The molecule has 0 aliphatic carbocycles. The van der Waals surface area contributed by atoms with Crippen LogP contribution in [0.15, 0.2) is 54.6 Å². The van der Waals surface area contributed by atoms with E-state index in [1.54, 1.807) is 37.3 Å². The van der Waals surface area contributed by atoms with Gasteiger partial charge in [-0.25, -0.2) is 17.8 Å². The largest absolute Gasteiger partial charge is 0.439 e. The standard InChI is InChI=1S/C23H23F6N3O3S/c1-4-32-20(35-18-10-8-16(9-11-18)23(27,28)29)13-19(30-32)15-6-5-7-17(12-15)21(2,3)31-36(33,34)14-22(24,25)26/h5-13,31H,4,14H2,1-3H3. The number of nitrogens with one attached hydrogen (secondary N) is 1. The maximum Gasteiger partial charge on any atom is 0.416 e. The number of halogens is 6. The summed E-state index contributed by atoms with van der Waals surface area (Å²) in [6.45, 7) is 5.03. The Morgan fingerprint density at radius 1 is 0.944 bits per heavy atom. The molecule has 196 valence electrons. The first-order chi connectivity index (χ1) is 16.5. The highest BCUT2D eigenvalue weighted by Gasteiger charge is 2.38. The zero-order chi connectivity index (χ0) is 26.9. The maximum atomic E-state index is 12.8. The van der Waals surface area contributed by atoms with Gasteiger partial charge in [0.2, 0.25) is 15.9 Å². The highest BCUT2D eigenvalue weighted by molar-refractivity contribution is 7.89. The van der Waals surface area contributed by atoms with E-state index in [9.17, 15) is 34.8 Å². The van der Waals surface area contributed by atoms with Crippen molar-refractivity contribution in [1.29, 1.82) is 0 Å². The minimum atomic E-state index is -4.89. The zero-order valence-electron chi connectivity index (χ0n) is 19.4. The van der Waals surface area contributed by atoms with Crippen LogP contribution in [0.4, 0.5) is 26.3 Å². The summed E-state index contributed by atoms with van der Waals surface area (Å²) in [7, 11) is -4.66. The van der Waals surface area contributed by atoms with Crippen molar-refractivity contribution in [1.82, 2.24) is 14.5 Å². The van der Waals surface area contributed by atoms with Crippen LogP contribution in [0.3, 0.4) is 0 Å². The second-order valence-electron chi connectivity index (χ2n) is 8.49. The Morgan fingerprint density at radius 3 is 2.14 bits per heavy atom. The van der Waals surface area contributed by atoms with Crippen molar-refractivity contribution in [2.45, 2.75) is 45.2 Å². The fraction of sp³-hybridized carbons (Fsp3) is 0.348. The third kappa shape index (κ3) is 7.00. The van der Waals surface area contributed by atoms with Crippen molar-refractivity contribution in [2.75, 3.05) is 5.75 Å². The van der Waals surface area contributed by atoms with Crippen molar-refractivity contribution in [3.05, 3.63) is 65.7 Å². The molecule has 2 aromatic carbocycles. The highest BCUT2D eigenvalue weighted by atomic mass is 32.2. The molecule has 0 fully saturated rings. The third-order valence-electron chi connectivity index (χ3n) is 5.09. The van der Waals surface area contributed by atoms with Crippen molar-refractivity contribution in [2.24, 2.45) is 0 Å². The Labute approximate surface area is 203 Å². The molecule has 3 aromatic rings. The first-order valence-corrected chi connectivity index (χ1v) is 12.3. The third-order valence-corrected chi connectivity index (χ3v) is 6.62. The van der Waals surface area contributed by atoms with Crippen molar-refractivity contribution in [3.8, 4) is 22.9 Å². The molecule has 6 nitrogen and oxygen atoms in total. The van der Waals surface area contributed by atoms with Crippen LogP contribution in [-0.2, 0) is 28.3 Å². The van der Waals surface area contributed by atoms with Crippen LogP contribution in [0, 0.1) is 0 Å². The molecular formula is C23H23F6N3O3S. The molecule has 0 radical (unpaired) electrons. The molecule has 13 heteroatoms. The van der Waals surface area contributed by atoms with Gasteiger partial charge in [-0.2, -0.15) is 31.4 Å². The first-order valence-electron chi connectivity index (χ1n) is 10.6. The van der Waals surface area contributed by atoms with Crippen LogP contribution < -0.4 is 9.46 Å². The number of alkyl halides is 6. The molecule has 0 atom stereocenters. The Bertz CT molecular complexity index is 1310. The molecule has 0 saturated heterocycles. The summed E-state index contributed by atoms with van der Waals surface area (Å²) in [4.78, 5) is 0. The summed E-state index contributed by atoms with van der Waals surface area (Å²) in [5.41, 5.74) is -0.853. The Hall–Kier alpha value is -3.06. The number of hydrogen-bond donors (Lipinski definition) is 1. The number of nitrogens with zero attached hydrogens (tertiary/aromatic N) is 2. The predicted molar refractivity (Wildman–Crippen MR) is 121 cm³/mol. The summed E-state index contributed by atoms with van der Waals surface area (Å²) < 4.78 is 110. The second-order valence-corrected chi connectivity index (χ2v) is 10.2. The summed E-state index contributed by atoms with van der Waals surface area (Å²) in [5.74, 6) is -1.59. The van der Waals surface area contributed by atoms with Crippen LogP contribution in [-0.4, -0.2) is 30.1 Å². The van der Waals surface area contributed by atoms with E-state index >= 15 is 0 Å². The van der Waals surface area contributed by atoms with E-state index in [1.165, 1.54) is 30.7 Å². The van der Waals surface area contributed by atoms with E-state index in [1.807, 2.05) is 0 Å². The van der Waals surface area contributed by atoms with Gasteiger partial charge in [0.15, 0.2) is 5.75 Å². The SMILES string of the molecule is CCn1nc(-c2cccc(C(C)(C)NS(=O)(=O)CC(F)(F)F)c2)cc1Oc1ccc(C(F)(F)F)cc1. The van der Waals surface area contributed by atoms with Gasteiger partial charge in [-0.05, 0) is 56.7 Å². The van der Waals surface area contributed by atoms with Gasteiger partial charge in [0, 0.05) is 18.2 Å². The van der Waals surface area contributed by atoms with Gasteiger partial charge in [-0.15, -0.1) is 0 Å². The van der Waals surface area contributed by atoms with E-state index in [0.717, 1.165) is 12.1 Å². The average Bonchev–Trinajstić information content (AvgIpc) is 3.14. The van der Waals surface area contributed by atoms with Gasteiger partial charge in [-0.1, -0.05) is 18.2 Å². The Balaban J connectivity index is 1.87. The number of sulfonamides is 1. The van der Waals surface area contributed by atoms with Gasteiger partial charge in [0.1, 0.15) is 5.75 Å². The lowest BCUT2D eigenvalue weighted by molar-refractivity contribution is -0.137. The Morgan fingerprint density at radius 2 is 1.58 bits per heavy atom. The van der Waals surface area contributed by atoms with Gasteiger partial charge < -0.3 is 4.74 Å². The van der Waals surface area contributed by atoms with E-state index in [2.05, 4.69) is 9.82 Å². The summed E-state index contributed by atoms with van der Waals surface area (Å²) >= 11 is 0. The van der Waals surface area contributed by atoms with Crippen molar-refractivity contribution >= 4 is 10.0 Å². The minimum absolute atomic E-state index is 0.165. The number of rotatable bonds is 8. The van der Waals surface area contributed by atoms with Crippen molar-refractivity contribution < 1.29 is 39.5 Å². The maximum absolute atomic E-state index is 12.8. The molecule has 0 unspecified atom stereocenters. The van der Waals surface area contributed by atoms with Crippen LogP contribution in [0.25, 0.3) is 11.3 Å². The number of hydrogen-bond acceptors (Lipinski definition) is 4. The van der Waals surface area contributed by atoms with E-state index in [4.69, 9.17) is 4.74 Å². The molecule has 0 spiro atoms. The smallest absolute Gasteiger partial charge is 0.416 e. The lowest BCUT2D eigenvalue weighted by atomic mass is 9.93. The van der Waals surface area contributed by atoms with Gasteiger partial charge in [0.25, 0.3) is 0 Å². The topological polar surface area (TPSA) is 73.2 Å². The zero-order valence-corrected chi connectivity index (χ0v) is 20.2. The molecule has 1 N–H and O–H groups in total. The summed E-state index contributed by atoms with van der Waals surface area (Å²) in [6.07, 6.45) is -9.36. The molecule has 3 rings (SSSR count). The normalized spacial score (nSPS) is 13.1. The summed E-state index contributed by atoms with van der Waals surface area (Å²) in [5, 5.41) is 4.42. The lowest BCUT2D eigenvalue weighted by Crippen LogP contribution is -2.44. The molecule has 1 heterocycles. The molecule has 0 aliphatic heterocycles. The van der Waals surface area contributed by atoms with Crippen LogP contribution >= 0.6 is 0 Å². The number of benzene rings is 2. The van der Waals surface area contributed by atoms with Crippen LogP contribution in [0.5, 0.6) is 11.6 Å². The van der Waals surface area contributed by atoms with Crippen molar-refractivity contribution in [3.63, 3.8) is 0 Å². The number of aromatic nitrogens is 2. The molecular weight excluding hydrogens is 512 g/mol. The minimum Gasteiger partial charge on any atom is -0.439 e. The molecule has 0 saturated carbocycles. The first kappa shape index (κ1) is 27.5. The molecule has 0 amide bonds. The molecule has 0 aliphatic rings. The average molecular weight is 536 g/mol. The molecule has 0 bridgehead atoms.